The summed E-state index contributed by atoms with van der Waals surface area (Å²) in [6, 6.07) is -1.78. The largest absolute Gasteiger partial charge is 0.480 e. The minimum atomic E-state index is -1.12. The number of carboxylic acids is 1. The van der Waals surface area contributed by atoms with E-state index >= 15 is 0 Å². The molecule has 7 heteroatoms. The van der Waals surface area contributed by atoms with Crippen LogP contribution in [-0.4, -0.2) is 41.8 Å². The number of hydrogen-bond acceptors (Lipinski definition) is 4. The Morgan fingerprint density at radius 1 is 1.10 bits per heavy atom. The minimum Gasteiger partial charge on any atom is -0.480 e. The van der Waals surface area contributed by atoms with Gasteiger partial charge in [-0.2, -0.15) is 0 Å². The molecule has 7 nitrogen and oxygen atoms in total. The summed E-state index contributed by atoms with van der Waals surface area (Å²) in [6.45, 7) is 5.62. The summed E-state index contributed by atoms with van der Waals surface area (Å²) >= 11 is 0. The molecule has 0 radical (unpaired) electrons. The number of ether oxygens (including phenoxy) is 1. The minimum absolute atomic E-state index is 0.302. The number of aliphatic carboxylic acids is 1. The molecule has 0 aromatic rings. The first-order valence-electron chi connectivity index (χ1n) is 7.38. The first-order chi connectivity index (χ1) is 9.92. The lowest BCUT2D eigenvalue weighted by atomic mass is 10.1. The van der Waals surface area contributed by atoms with E-state index in [-0.39, 0.29) is 0 Å². The van der Waals surface area contributed by atoms with Crippen molar-refractivity contribution in [1.29, 1.82) is 0 Å². The van der Waals surface area contributed by atoms with Crippen LogP contribution in [0.15, 0.2) is 0 Å². The lowest BCUT2D eigenvalue weighted by Crippen LogP contribution is -2.50. The van der Waals surface area contributed by atoms with Gasteiger partial charge < -0.3 is 20.5 Å². The maximum Gasteiger partial charge on any atom is 0.407 e. The van der Waals surface area contributed by atoms with Crippen LogP contribution in [0.25, 0.3) is 0 Å². The Bertz CT molecular complexity index is 346. The van der Waals surface area contributed by atoms with Gasteiger partial charge in [0, 0.05) is 0 Å². The van der Waals surface area contributed by atoms with Crippen molar-refractivity contribution in [2.75, 3.05) is 6.61 Å². The quantitative estimate of drug-likeness (QED) is 0.532. The van der Waals surface area contributed by atoms with Gasteiger partial charge in [-0.15, -0.1) is 0 Å². The molecule has 0 saturated heterocycles. The fourth-order valence-electron chi connectivity index (χ4n) is 1.55. The van der Waals surface area contributed by atoms with E-state index in [1.165, 1.54) is 6.92 Å². The maximum absolute atomic E-state index is 12.0. The van der Waals surface area contributed by atoms with Crippen molar-refractivity contribution in [2.24, 2.45) is 0 Å². The van der Waals surface area contributed by atoms with Crippen LogP contribution in [0.3, 0.4) is 0 Å². The molecule has 0 bridgehead atoms. The molecule has 0 rings (SSSR count). The summed E-state index contributed by atoms with van der Waals surface area (Å²) in [7, 11) is 0. The monoisotopic (exact) mass is 302 g/mol. The molecule has 0 aliphatic rings. The van der Waals surface area contributed by atoms with Gasteiger partial charge in [-0.1, -0.05) is 33.1 Å². The van der Waals surface area contributed by atoms with Gasteiger partial charge in [-0.25, -0.2) is 4.79 Å². The van der Waals surface area contributed by atoms with Gasteiger partial charge in [0.1, 0.15) is 12.1 Å². The molecule has 2 atom stereocenters. The molecular weight excluding hydrogens is 276 g/mol. The smallest absolute Gasteiger partial charge is 0.407 e. The van der Waals surface area contributed by atoms with Crippen LogP contribution in [0.2, 0.25) is 0 Å². The van der Waals surface area contributed by atoms with Crippen LogP contribution in [0.1, 0.15) is 52.9 Å². The Balaban J connectivity index is 4.45. The molecule has 122 valence electrons. The Morgan fingerprint density at radius 2 is 1.71 bits per heavy atom. The van der Waals surface area contributed by atoms with Crippen LogP contribution in [-0.2, 0) is 14.3 Å². The second kappa shape index (κ2) is 10.9. The van der Waals surface area contributed by atoms with Crippen LogP contribution in [0, 0.1) is 0 Å². The molecule has 21 heavy (non-hydrogen) atoms. The normalized spacial score (nSPS) is 13.1. The van der Waals surface area contributed by atoms with E-state index < -0.39 is 30.1 Å². The molecule has 0 aromatic heterocycles. The van der Waals surface area contributed by atoms with Gasteiger partial charge in [0.05, 0.1) is 6.61 Å². The third-order valence-corrected chi connectivity index (χ3v) is 2.92. The van der Waals surface area contributed by atoms with E-state index in [4.69, 9.17) is 9.84 Å². The third kappa shape index (κ3) is 8.88. The number of carbonyl (C=O) groups is 3. The number of unbranched alkanes of at least 4 members (excludes halogenated alkanes) is 2. The zero-order valence-corrected chi connectivity index (χ0v) is 13.0. The number of amides is 2. The molecule has 0 heterocycles. The van der Waals surface area contributed by atoms with E-state index in [9.17, 15) is 14.4 Å². The third-order valence-electron chi connectivity index (χ3n) is 2.92. The fraction of sp³-hybridized carbons (Fsp3) is 0.786. The average molecular weight is 302 g/mol. The number of hydrogen-bond donors (Lipinski definition) is 3. The summed E-state index contributed by atoms with van der Waals surface area (Å²) in [5, 5.41) is 13.6. The van der Waals surface area contributed by atoms with Crippen molar-refractivity contribution in [3.05, 3.63) is 0 Å². The first-order valence-corrected chi connectivity index (χ1v) is 7.38. The van der Waals surface area contributed by atoms with Gasteiger partial charge in [0.2, 0.25) is 5.91 Å². The van der Waals surface area contributed by atoms with Crippen molar-refractivity contribution >= 4 is 18.0 Å². The SMILES string of the molecule is CCCCOC(=O)N[C@@H](CCCC)C(=O)N[C@@H](C)C(=O)O. The summed E-state index contributed by atoms with van der Waals surface area (Å²) in [6.07, 6.45) is 3.07. The highest BCUT2D eigenvalue weighted by atomic mass is 16.5. The van der Waals surface area contributed by atoms with Crippen LogP contribution in [0.5, 0.6) is 0 Å². The van der Waals surface area contributed by atoms with E-state index in [0.717, 1.165) is 25.7 Å². The summed E-state index contributed by atoms with van der Waals surface area (Å²) in [4.78, 5) is 34.3. The highest BCUT2D eigenvalue weighted by Gasteiger charge is 2.24. The van der Waals surface area contributed by atoms with Gasteiger partial charge in [0.25, 0.3) is 0 Å². The molecule has 0 aromatic carbocycles. The molecule has 0 aliphatic heterocycles. The molecular formula is C14H26N2O5. The zero-order valence-electron chi connectivity index (χ0n) is 13.0. The van der Waals surface area contributed by atoms with Gasteiger partial charge in [0.15, 0.2) is 0 Å². The lowest BCUT2D eigenvalue weighted by molar-refractivity contribution is -0.141. The first kappa shape index (κ1) is 19.2. The highest BCUT2D eigenvalue weighted by molar-refractivity contribution is 5.89. The van der Waals surface area contributed by atoms with Gasteiger partial charge >= 0.3 is 12.1 Å². The predicted octanol–water partition coefficient (Wildman–Crippen LogP) is 1.66. The molecule has 0 fully saturated rings. The Morgan fingerprint density at radius 3 is 2.24 bits per heavy atom. The molecule has 0 aliphatic carbocycles. The van der Waals surface area contributed by atoms with E-state index in [1.54, 1.807) is 0 Å². The maximum atomic E-state index is 12.0. The van der Waals surface area contributed by atoms with E-state index in [2.05, 4.69) is 10.6 Å². The average Bonchev–Trinajstić information content (AvgIpc) is 2.43. The van der Waals surface area contributed by atoms with Gasteiger partial charge in [-0.3, -0.25) is 9.59 Å². The standard InChI is InChI=1S/C14H26N2O5/c1-4-6-8-11(12(17)15-10(3)13(18)19)16-14(20)21-9-7-5-2/h10-11H,4-9H2,1-3H3,(H,15,17)(H,16,20)(H,18,19)/t10-,11-/m0/s1. The van der Waals surface area contributed by atoms with Crippen molar-refractivity contribution in [1.82, 2.24) is 10.6 Å². The summed E-state index contributed by atoms with van der Waals surface area (Å²) in [5.41, 5.74) is 0. The molecule has 0 spiro atoms. The van der Waals surface area contributed by atoms with Crippen molar-refractivity contribution in [2.45, 2.75) is 65.0 Å². The van der Waals surface area contributed by atoms with Gasteiger partial charge in [-0.05, 0) is 19.8 Å². The Labute approximate surface area is 125 Å². The number of carboxylic acid groups (broad SMARTS) is 1. The molecule has 0 unspecified atom stereocenters. The molecule has 2 amide bonds. The molecule has 3 N–H and O–H groups in total. The lowest BCUT2D eigenvalue weighted by Gasteiger charge is -2.19. The Hall–Kier alpha value is -1.79. The van der Waals surface area contributed by atoms with E-state index in [0.29, 0.717) is 13.0 Å². The Kier molecular flexibility index (Phi) is 10.0. The van der Waals surface area contributed by atoms with Crippen LogP contribution < -0.4 is 10.6 Å². The summed E-state index contributed by atoms with van der Waals surface area (Å²) in [5.74, 6) is -1.63. The second-order valence-corrected chi connectivity index (χ2v) is 4.90. The number of alkyl carbamates (subject to hydrolysis) is 1. The fourth-order valence-corrected chi connectivity index (χ4v) is 1.55. The predicted molar refractivity (Wildman–Crippen MR) is 77.9 cm³/mol. The summed E-state index contributed by atoms with van der Waals surface area (Å²) < 4.78 is 4.95. The van der Waals surface area contributed by atoms with Crippen molar-refractivity contribution in [3.8, 4) is 0 Å². The van der Waals surface area contributed by atoms with Crippen LogP contribution in [0.4, 0.5) is 4.79 Å². The molecule has 0 saturated carbocycles. The number of rotatable bonds is 10. The number of carbonyl (C=O) groups excluding carboxylic acids is 2. The van der Waals surface area contributed by atoms with Crippen molar-refractivity contribution < 1.29 is 24.2 Å². The van der Waals surface area contributed by atoms with Crippen molar-refractivity contribution in [3.63, 3.8) is 0 Å². The van der Waals surface area contributed by atoms with Crippen LogP contribution >= 0.6 is 0 Å². The number of nitrogens with one attached hydrogen (secondary N) is 2. The van der Waals surface area contributed by atoms with E-state index in [1.807, 2.05) is 13.8 Å². The zero-order chi connectivity index (χ0) is 16.3. The topological polar surface area (TPSA) is 105 Å². The second-order valence-electron chi connectivity index (χ2n) is 4.90. The highest BCUT2D eigenvalue weighted by Crippen LogP contribution is 2.02.